The number of halogens is 5. The van der Waals surface area contributed by atoms with Crippen LogP contribution < -0.4 is 5.32 Å². The van der Waals surface area contributed by atoms with Gasteiger partial charge in [0.15, 0.2) is 10.8 Å². The fourth-order valence-corrected chi connectivity index (χ4v) is 3.61. The Hall–Kier alpha value is -2.99. The van der Waals surface area contributed by atoms with Gasteiger partial charge in [0.1, 0.15) is 17.2 Å². The Morgan fingerprint density at radius 2 is 1.97 bits per heavy atom. The topological polar surface area (TPSA) is 73.5 Å². The summed E-state index contributed by atoms with van der Waals surface area (Å²) in [5.74, 6) is -0.0305. The van der Waals surface area contributed by atoms with E-state index in [4.69, 9.17) is 11.6 Å². The van der Waals surface area contributed by atoms with Crippen LogP contribution in [0.3, 0.4) is 0 Å². The van der Waals surface area contributed by atoms with Crippen LogP contribution in [0.2, 0.25) is 5.02 Å². The number of nitrogens with one attached hydrogen (secondary N) is 1. The van der Waals surface area contributed by atoms with Crippen LogP contribution in [-0.2, 0) is 19.8 Å². The van der Waals surface area contributed by atoms with Crippen LogP contribution in [0.25, 0.3) is 10.7 Å². The zero-order valence-electron chi connectivity index (χ0n) is 15.2. The Bertz CT molecular complexity index is 1180. The lowest BCUT2D eigenvalue weighted by molar-refractivity contribution is -0.143. The standard InChI is InChI=1S/C17H12ClF4N7S/c1-28-13(17(20,21)22)7-12(26-28)15-24-25-16(30-15)23-14-5-6-29(27-14)8-9-10(18)3-2-4-11(9)19/h2-7H,8H2,1H3,(H,23,25,27). The maximum atomic E-state index is 13.9. The van der Waals surface area contributed by atoms with Gasteiger partial charge in [-0.1, -0.05) is 29.0 Å². The van der Waals surface area contributed by atoms with Crippen molar-refractivity contribution in [3.05, 3.63) is 58.6 Å². The second kappa shape index (κ2) is 7.69. The maximum Gasteiger partial charge on any atom is 0.433 e. The van der Waals surface area contributed by atoms with Gasteiger partial charge in [0, 0.05) is 29.9 Å². The quantitative estimate of drug-likeness (QED) is 0.438. The molecule has 4 rings (SSSR count). The van der Waals surface area contributed by atoms with E-state index in [2.05, 4.69) is 25.7 Å². The summed E-state index contributed by atoms with van der Waals surface area (Å²) in [6.45, 7) is 0.128. The Balaban J connectivity index is 1.49. The predicted molar refractivity (Wildman–Crippen MR) is 103 cm³/mol. The number of alkyl halides is 3. The molecule has 30 heavy (non-hydrogen) atoms. The number of benzene rings is 1. The molecular weight excluding hydrogens is 446 g/mol. The van der Waals surface area contributed by atoms with Gasteiger partial charge in [-0.05, 0) is 18.2 Å². The minimum absolute atomic E-state index is 0.0649. The van der Waals surface area contributed by atoms with E-state index in [1.165, 1.54) is 23.9 Å². The largest absolute Gasteiger partial charge is 0.433 e. The third-order valence-corrected chi connectivity index (χ3v) is 5.29. The van der Waals surface area contributed by atoms with Gasteiger partial charge in [-0.2, -0.15) is 23.4 Å². The van der Waals surface area contributed by atoms with Crippen molar-refractivity contribution in [1.29, 1.82) is 0 Å². The van der Waals surface area contributed by atoms with E-state index in [0.29, 0.717) is 21.5 Å². The molecule has 0 spiro atoms. The zero-order valence-corrected chi connectivity index (χ0v) is 16.7. The molecule has 4 aromatic rings. The summed E-state index contributed by atoms with van der Waals surface area (Å²) in [5, 5.41) is 19.6. The maximum absolute atomic E-state index is 13.9. The molecule has 0 saturated heterocycles. The first kappa shape index (κ1) is 20.3. The van der Waals surface area contributed by atoms with Crippen molar-refractivity contribution in [3.63, 3.8) is 0 Å². The summed E-state index contributed by atoms with van der Waals surface area (Å²) >= 11 is 7.05. The average Bonchev–Trinajstić information content (AvgIpc) is 3.38. The van der Waals surface area contributed by atoms with Crippen LogP contribution in [0.1, 0.15) is 11.3 Å². The van der Waals surface area contributed by atoms with Gasteiger partial charge < -0.3 is 5.32 Å². The molecule has 0 bridgehead atoms. The van der Waals surface area contributed by atoms with Crippen LogP contribution in [0.5, 0.6) is 0 Å². The summed E-state index contributed by atoms with van der Waals surface area (Å²) in [6, 6.07) is 6.97. The van der Waals surface area contributed by atoms with Gasteiger partial charge in [-0.25, -0.2) is 4.39 Å². The first-order chi connectivity index (χ1) is 14.2. The molecule has 0 amide bonds. The summed E-state index contributed by atoms with van der Waals surface area (Å²) in [5.41, 5.74) is -0.509. The van der Waals surface area contributed by atoms with Gasteiger partial charge in [0.2, 0.25) is 5.13 Å². The Morgan fingerprint density at radius 3 is 2.67 bits per heavy atom. The van der Waals surface area contributed by atoms with E-state index in [9.17, 15) is 17.6 Å². The van der Waals surface area contributed by atoms with E-state index < -0.39 is 17.7 Å². The molecule has 0 fully saturated rings. The molecule has 0 aliphatic carbocycles. The molecule has 0 radical (unpaired) electrons. The number of nitrogens with zero attached hydrogens (tertiary/aromatic N) is 6. The lowest BCUT2D eigenvalue weighted by Gasteiger charge is -2.05. The monoisotopic (exact) mass is 457 g/mol. The molecule has 13 heteroatoms. The van der Waals surface area contributed by atoms with Crippen LogP contribution in [0.15, 0.2) is 36.5 Å². The van der Waals surface area contributed by atoms with Crippen molar-refractivity contribution in [2.24, 2.45) is 7.05 Å². The Kier molecular flexibility index (Phi) is 5.20. The van der Waals surface area contributed by atoms with Crippen molar-refractivity contribution in [2.45, 2.75) is 12.7 Å². The first-order valence-corrected chi connectivity index (χ1v) is 9.58. The summed E-state index contributed by atoms with van der Waals surface area (Å²) < 4.78 is 55.0. The normalized spacial score (nSPS) is 11.8. The van der Waals surface area contributed by atoms with E-state index >= 15 is 0 Å². The third-order valence-electron chi connectivity index (χ3n) is 4.07. The van der Waals surface area contributed by atoms with Crippen LogP contribution in [0.4, 0.5) is 28.5 Å². The van der Waals surface area contributed by atoms with Crippen molar-refractivity contribution in [2.75, 3.05) is 5.32 Å². The molecule has 3 aromatic heterocycles. The summed E-state index contributed by atoms with van der Waals surface area (Å²) in [7, 11) is 1.21. The highest BCUT2D eigenvalue weighted by Gasteiger charge is 2.35. The molecule has 0 aliphatic rings. The molecule has 0 saturated carbocycles. The van der Waals surface area contributed by atoms with Gasteiger partial charge in [0.05, 0.1) is 6.54 Å². The number of anilines is 2. The molecular formula is C17H12ClF4N7S. The molecule has 0 aliphatic heterocycles. The van der Waals surface area contributed by atoms with Gasteiger partial charge >= 0.3 is 6.18 Å². The minimum atomic E-state index is -4.51. The SMILES string of the molecule is Cn1nc(-c2nnc(Nc3ccn(Cc4c(F)cccc4Cl)n3)s2)cc1C(F)(F)F. The molecule has 7 nitrogen and oxygen atoms in total. The fourth-order valence-electron chi connectivity index (χ4n) is 2.69. The van der Waals surface area contributed by atoms with Gasteiger partial charge in [0.25, 0.3) is 0 Å². The van der Waals surface area contributed by atoms with Crippen molar-refractivity contribution in [3.8, 4) is 10.7 Å². The number of aromatic nitrogens is 6. The Labute approximate surface area is 175 Å². The minimum Gasteiger partial charge on any atom is -0.313 e. The second-order valence-corrected chi connectivity index (χ2v) is 7.56. The molecule has 156 valence electrons. The number of aryl methyl sites for hydroxylation is 1. The highest BCUT2D eigenvalue weighted by molar-refractivity contribution is 7.18. The number of rotatable bonds is 5. The molecule has 1 aromatic carbocycles. The lowest BCUT2D eigenvalue weighted by Crippen LogP contribution is -2.11. The lowest BCUT2D eigenvalue weighted by atomic mass is 10.2. The van der Waals surface area contributed by atoms with E-state index in [1.807, 2.05) is 0 Å². The van der Waals surface area contributed by atoms with E-state index in [1.54, 1.807) is 18.3 Å². The van der Waals surface area contributed by atoms with Crippen molar-refractivity contribution in [1.82, 2.24) is 29.8 Å². The smallest absolute Gasteiger partial charge is 0.313 e. The number of hydrogen-bond acceptors (Lipinski definition) is 6. The van der Waals surface area contributed by atoms with Crippen molar-refractivity contribution < 1.29 is 17.6 Å². The molecule has 0 unspecified atom stereocenters. The zero-order chi connectivity index (χ0) is 21.5. The van der Waals surface area contributed by atoms with E-state index in [-0.39, 0.29) is 17.2 Å². The summed E-state index contributed by atoms with van der Waals surface area (Å²) in [4.78, 5) is 0. The van der Waals surface area contributed by atoms with Crippen LogP contribution in [-0.4, -0.2) is 29.8 Å². The molecule has 3 heterocycles. The highest BCUT2D eigenvalue weighted by atomic mass is 35.5. The van der Waals surface area contributed by atoms with Gasteiger partial charge in [-0.15, -0.1) is 10.2 Å². The highest BCUT2D eigenvalue weighted by Crippen LogP contribution is 2.33. The van der Waals surface area contributed by atoms with Crippen LogP contribution >= 0.6 is 22.9 Å². The van der Waals surface area contributed by atoms with Gasteiger partial charge in [-0.3, -0.25) is 9.36 Å². The molecule has 1 N–H and O–H groups in total. The summed E-state index contributed by atoms with van der Waals surface area (Å²) in [6.07, 6.45) is -2.89. The van der Waals surface area contributed by atoms with Crippen LogP contribution in [0, 0.1) is 5.82 Å². The van der Waals surface area contributed by atoms with Crippen molar-refractivity contribution >= 4 is 33.9 Å². The fraction of sp³-hybridized carbons (Fsp3) is 0.176. The average molecular weight is 458 g/mol. The predicted octanol–water partition coefficient (Wildman–Crippen LogP) is 4.74. The number of hydrogen-bond donors (Lipinski definition) is 1. The second-order valence-electron chi connectivity index (χ2n) is 6.17. The van der Waals surface area contributed by atoms with E-state index in [0.717, 1.165) is 22.1 Å². The third kappa shape index (κ3) is 4.14. The molecule has 0 atom stereocenters. The Morgan fingerprint density at radius 1 is 1.17 bits per heavy atom. The first-order valence-electron chi connectivity index (χ1n) is 8.39.